The van der Waals surface area contributed by atoms with Gasteiger partial charge in [-0.1, -0.05) is 30.3 Å². The molecule has 0 atom stereocenters. The van der Waals surface area contributed by atoms with Gasteiger partial charge in [-0.15, -0.1) is 0 Å². The summed E-state index contributed by atoms with van der Waals surface area (Å²) < 4.78 is 21.6. The Labute approximate surface area is 218 Å². The lowest BCUT2D eigenvalue weighted by Gasteiger charge is -2.48. The Bertz CT molecular complexity index is 1210. The molecule has 2 amide bonds. The zero-order valence-electron chi connectivity index (χ0n) is 21.1. The van der Waals surface area contributed by atoms with Gasteiger partial charge in [-0.05, 0) is 31.2 Å². The first-order valence-corrected chi connectivity index (χ1v) is 12.2. The van der Waals surface area contributed by atoms with E-state index in [9.17, 15) is 24.5 Å². The summed E-state index contributed by atoms with van der Waals surface area (Å²) in [5, 5.41) is 14.3. The van der Waals surface area contributed by atoms with Gasteiger partial charge in [-0.2, -0.15) is 0 Å². The van der Waals surface area contributed by atoms with Crippen LogP contribution >= 0.6 is 0 Å². The molecule has 1 aliphatic carbocycles. The Morgan fingerprint density at radius 1 is 1.13 bits per heavy atom. The zero-order chi connectivity index (χ0) is 27.3. The molecular weight excluding hydrogens is 498 g/mol. The van der Waals surface area contributed by atoms with Crippen LogP contribution in [0.4, 0.5) is 10.5 Å². The molecule has 0 unspecified atom stereocenters. The minimum absolute atomic E-state index is 0.0890. The summed E-state index contributed by atoms with van der Waals surface area (Å²) in [6.45, 7) is 0.753. The van der Waals surface area contributed by atoms with Crippen LogP contribution < -0.4 is 14.8 Å². The number of carbonyl (C=O) groups excluding carboxylic acids is 3. The van der Waals surface area contributed by atoms with Crippen molar-refractivity contribution < 1.29 is 38.3 Å². The van der Waals surface area contributed by atoms with Crippen LogP contribution in [0.1, 0.15) is 41.6 Å². The van der Waals surface area contributed by atoms with E-state index in [2.05, 4.69) is 10.1 Å². The first kappa shape index (κ1) is 26.7. The maximum absolute atomic E-state index is 13.0. The quantitative estimate of drug-likeness (QED) is 0.326. The predicted octanol–water partition coefficient (Wildman–Crippen LogP) is 3.22. The van der Waals surface area contributed by atoms with Gasteiger partial charge in [0, 0.05) is 19.2 Å². The Balaban J connectivity index is 1.48. The third kappa shape index (κ3) is 5.34. The van der Waals surface area contributed by atoms with E-state index < -0.39 is 34.3 Å². The Morgan fingerprint density at radius 2 is 1.84 bits per heavy atom. The van der Waals surface area contributed by atoms with E-state index in [0.717, 1.165) is 18.7 Å². The number of amides is 2. The molecule has 1 saturated heterocycles. The molecule has 12 heteroatoms. The van der Waals surface area contributed by atoms with E-state index in [1.807, 2.05) is 30.3 Å². The summed E-state index contributed by atoms with van der Waals surface area (Å²) in [4.78, 5) is 50.5. The van der Waals surface area contributed by atoms with Gasteiger partial charge >= 0.3 is 12.1 Å². The second-order valence-corrected chi connectivity index (χ2v) is 9.07. The van der Waals surface area contributed by atoms with Crippen molar-refractivity contribution in [3.63, 3.8) is 0 Å². The van der Waals surface area contributed by atoms with E-state index in [-0.39, 0.29) is 29.6 Å². The van der Waals surface area contributed by atoms with Crippen LogP contribution in [-0.2, 0) is 20.9 Å². The number of benzene rings is 2. The van der Waals surface area contributed by atoms with Crippen molar-refractivity contribution in [1.29, 1.82) is 0 Å². The fraction of sp³-hybridized carbons (Fsp3) is 0.423. The molecule has 4 rings (SSSR count). The molecule has 12 nitrogen and oxygen atoms in total. The lowest BCUT2D eigenvalue weighted by molar-refractivity contribution is -0.385. The van der Waals surface area contributed by atoms with E-state index in [4.69, 9.17) is 14.2 Å². The fourth-order valence-electron chi connectivity index (χ4n) is 4.93. The van der Waals surface area contributed by atoms with Gasteiger partial charge in [0.25, 0.3) is 5.69 Å². The molecule has 2 fully saturated rings. The van der Waals surface area contributed by atoms with Gasteiger partial charge in [-0.25, -0.2) is 9.59 Å². The van der Waals surface area contributed by atoms with Crippen molar-refractivity contribution in [2.75, 3.05) is 27.3 Å². The molecule has 0 radical (unpaired) electrons. The van der Waals surface area contributed by atoms with Gasteiger partial charge in [0.15, 0.2) is 11.5 Å². The van der Waals surface area contributed by atoms with Crippen molar-refractivity contribution in [2.45, 2.75) is 43.9 Å². The molecule has 2 aromatic carbocycles. The first-order chi connectivity index (χ1) is 18.3. The number of nitrogens with one attached hydrogen (secondary N) is 1. The molecule has 2 aliphatic rings. The molecule has 1 saturated carbocycles. The Hall–Kier alpha value is -4.35. The van der Waals surface area contributed by atoms with Crippen LogP contribution in [0.3, 0.4) is 0 Å². The Morgan fingerprint density at radius 3 is 2.47 bits per heavy atom. The third-order valence-electron chi connectivity index (χ3n) is 6.92. The minimum Gasteiger partial charge on any atom is -0.493 e. The summed E-state index contributed by atoms with van der Waals surface area (Å²) in [7, 11) is 2.47. The zero-order valence-corrected chi connectivity index (χ0v) is 21.1. The third-order valence-corrected chi connectivity index (χ3v) is 6.92. The monoisotopic (exact) mass is 527 g/mol. The van der Waals surface area contributed by atoms with Gasteiger partial charge in [0.1, 0.15) is 17.7 Å². The highest BCUT2D eigenvalue weighted by atomic mass is 16.6. The van der Waals surface area contributed by atoms with Crippen LogP contribution in [0.15, 0.2) is 42.5 Å². The number of esters is 1. The topological polar surface area (TPSA) is 147 Å². The van der Waals surface area contributed by atoms with E-state index in [0.29, 0.717) is 38.8 Å². The number of nitrogens with zero attached hydrogens (tertiary/aromatic N) is 2. The second kappa shape index (κ2) is 11.4. The molecule has 38 heavy (non-hydrogen) atoms. The van der Waals surface area contributed by atoms with E-state index >= 15 is 0 Å². The molecule has 1 N–H and O–H groups in total. The van der Waals surface area contributed by atoms with Crippen molar-refractivity contribution in [3.05, 3.63) is 63.7 Å². The summed E-state index contributed by atoms with van der Waals surface area (Å²) >= 11 is 0. The number of hydrogen-bond donors (Lipinski definition) is 1. The molecule has 0 bridgehead atoms. The molecule has 0 aromatic heterocycles. The number of carbonyl (C=O) groups is 3. The number of nitro benzene ring substituents is 1. The highest BCUT2D eigenvalue weighted by molar-refractivity contribution is 5.95. The summed E-state index contributed by atoms with van der Waals surface area (Å²) in [5.41, 5.74) is -0.952. The van der Waals surface area contributed by atoms with Crippen LogP contribution in [0, 0.1) is 10.1 Å². The number of piperazine rings is 1. The average molecular weight is 528 g/mol. The maximum atomic E-state index is 13.0. The van der Waals surface area contributed by atoms with Crippen molar-refractivity contribution >= 4 is 23.7 Å². The number of methoxy groups -OCH3 is 2. The molecule has 1 aliphatic heterocycles. The number of rotatable bonds is 7. The number of hydrogen-bond acceptors (Lipinski definition) is 9. The normalized spacial score (nSPS) is 20.8. The van der Waals surface area contributed by atoms with Crippen molar-refractivity contribution in [1.82, 2.24) is 10.2 Å². The lowest BCUT2D eigenvalue weighted by atomic mass is 9.77. The summed E-state index contributed by atoms with van der Waals surface area (Å²) in [5.74, 6) is -0.882. The molecular formula is C26H29N3O9. The molecule has 2 aromatic rings. The minimum atomic E-state index is -1.07. The van der Waals surface area contributed by atoms with Crippen LogP contribution in [0.5, 0.6) is 11.5 Å². The van der Waals surface area contributed by atoms with Gasteiger partial charge in [0.05, 0.1) is 31.3 Å². The summed E-state index contributed by atoms with van der Waals surface area (Å²) in [6, 6.07) is 11.6. The SMILES string of the molecule is COC(=O)c1cc(OC2CCC3(CC2)C(=O)NCCN3C(=O)OCc2ccccc2)c(OC)cc1[N+](=O)[O-]. The van der Waals surface area contributed by atoms with E-state index in [1.54, 1.807) is 0 Å². The van der Waals surface area contributed by atoms with Crippen molar-refractivity contribution in [3.8, 4) is 11.5 Å². The highest BCUT2D eigenvalue weighted by Crippen LogP contribution is 2.40. The first-order valence-electron chi connectivity index (χ1n) is 12.2. The number of nitro groups is 1. The van der Waals surface area contributed by atoms with Crippen molar-refractivity contribution in [2.24, 2.45) is 0 Å². The van der Waals surface area contributed by atoms with Crippen LogP contribution in [0.2, 0.25) is 0 Å². The average Bonchev–Trinajstić information content (AvgIpc) is 2.94. The lowest BCUT2D eigenvalue weighted by Crippen LogP contribution is -2.67. The van der Waals surface area contributed by atoms with Gasteiger partial charge < -0.3 is 24.3 Å². The largest absolute Gasteiger partial charge is 0.493 e. The maximum Gasteiger partial charge on any atom is 0.411 e. The predicted molar refractivity (Wildman–Crippen MR) is 133 cm³/mol. The van der Waals surface area contributed by atoms with Gasteiger partial charge in [0.2, 0.25) is 5.91 Å². The van der Waals surface area contributed by atoms with Crippen LogP contribution in [0.25, 0.3) is 0 Å². The smallest absolute Gasteiger partial charge is 0.411 e. The highest BCUT2D eigenvalue weighted by Gasteiger charge is 2.51. The molecule has 202 valence electrons. The molecule has 1 heterocycles. The second-order valence-electron chi connectivity index (χ2n) is 9.07. The molecule has 1 spiro atoms. The standard InChI is InChI=1S/C26H29N3O9/c1-35-21-15-20(29(33)34)19(23(30)36-2)14-22(21)38-18-8-10-26(11-9-18)24(31)27-12-13-28(26)25(32)37-16-17-6-4-3-5-7-17/h3-7,14-15,18H,8-13,16H2,1-2H3,(H,27,31). The fourth-order valence-corrected chi connectivity index (χ4v) is 4.93. The van der Waals surface area contributed by atoms with E-state index in [1.165, 1.54) is 18.1 Å². The Kier molecular flexibility index (Phi) is 7.99. The summed E-state index contributed by atoms with van der Waals surface area (Å²) in [6.07, 6.45) is 0.514. The number of ether oxygens (including phenoxy) is 4. The van der Waals surface area contributed by atoms with Gasteiger partial charge in [-0.3, -0.25) is 19.8 Å². The van der Waals surface area contributed by atoms with Crippen LogP contribution in [-0.4, -0.2) is 66.7 Å².